The molecule has 0 spiro atoms. The second kappa shape index (κ2) is 7.86. The quantitative estimate of drug-likeness (QED) is 0.123. The van der Waals surface area contributed by atoms with Gasteiger partial charge >= 0.3 is 5.97 Å². The van der Waals surface area contributed by atoms with Gasteiger partial charge in [-0.3, -0.25) is 5.84 Å². The minimum absolute atomic E-state index is 0.224. The number of fused-ring (bicyclic) bond motifs is 6. The molecule has 6 rings (SSSR count). The van der Waals surface area contributed by atoms with Crippen LogP contribution in [0.4, 0.5) is 5.69 Å². The SMILES string of the molecule is N/N=c1\ccc2c(ccc3c(-c4ccccc4C(=O)O)c4ccc5cc(NN)ccc5c4oc32)c1. The molecule has 0 aliphatic rings. The van der Waals surface area contributed by atoms with Gasteiger partial charge in [0.2, 0.25) is 0 Å². The topological polar surface area (TPSA) is 127 Å². The Balaban J connectivity index is 1.86. The summed E-state index contributed by atoms with van der Waals surface area (Å²) in [4.78, 5) is 12.2. The zero-order chi connectivity index (χ0) is 24.1. The number of nitrogen functional groups attached to an aromatic ring is 1. The summed E-state index contributed by atoms with van der Waals surface area (Å²) in [5.74, 6) is 10.1. The molecular weight excluding hydrogens is 440 g/mol. The van der Waals surface area contributed by atoms with Gasteiger partial charge in [-0.1, -0.05) is 30.3 Å². The van der Waals surface area contributed by atoms with Gasteiger partial charge in [-0.2, -0.15) is 5.10 Å². The van der Waals surface area contributed by atoms with Crippen molar-refractivity contribution in [3.63, 3.8) is 0 Å². The molecule has 7 nitrogen and oxygen atoms in total. The zero-order valence-corrected chi connectivity index (χ0v) is 18.4. The van der Waals surface area contributed by atoms with E-state index in [1.807, 2.05) is 72.8 Å². The highest BCUT2D eigenvalue weighted by atomic mass is 16.4. The minimum Gasteiger partial charge on any atom is -0.478 e. The fraction of sp³-hybridized carbons (Fsp3) is 0. The number of nitrogens with one attached hydrogen (secondary N) is 1. The summed E-state index contributed by atoms with van der Waals surface area (Å²) in [5, 5.41) is 19.7. The number of hydrazine groups is 1. The van der Waals surface area contributed by atoms with Gasteiger partial charge in [-0.05, 0) is 70.9 Å². The molecule has 0 saturated heterocycles. The maximum atomic E-state index is 12.2. The van der Waals surface area contributed by atoms with Crippen molar-refractivity contribution in [1.82, 2.24) is 0 Å². The van der Waals surface area contributed by atoms with Gasteiger partial charge in [0.25, 0.3) is 0 Å². The third-order valence-electron chi connectivity index (χ3n) is 6.41. The van der Waals surface area contributed by atoms with Crippen LogP contribution in [0.1, 0.15) is 10.4 Å². The summed E-state index contributed by atoms with van der Waals surface area (Å²) in [5.41, 5.74) is 6.41. The van der Waals surface area contributed by atoms with E-state index in [2.05, 4.69) is 10.5 Å². The van der Waals surface area contributed by atoms with E-state index in [9.17, 15) is 9.90 Å². The highest BCUT2D eigenvalue weighted by molar-refractivity contribution is 6.20. The van der Waals surface area contributed by atoms with Crippen molar-refractivity contribution in [3.05, 3.63) is 95.8 Å². The van der Waals surface area contributed by atoms with Gasteiger partial charge in [0.15, 0.2) is 0 Å². The lowest BCUT2D eigenvalue weighted by atomic mass is 9.91. The van der Waals surface area contributed by atoms with Gasteiger partial charge in [0.05, 0.1) is 10.9 Å². The molecule has 0 fully saturated rings. The second-order valence-electron chi connectivity index (χ2n) is 8.33. The Morgan fingerprint density at radius 2 is 1.43 bits per heavy atom. The Labute approximate surface area is 198 Å². The summed E-state index contributed by atoms with van der Waals surface area (Å²) in [6.07, 6.45) is 0. The first-order valence-corrected chi connectivity index (χ1v) is 11.0. The molecule has 0 saturated carbocycles. The van der Waals surface area contributed by atoms with Crippen molar-refractivity contribution >= 4 is 55.1 Å². The van der Waals surface area contributed by atoms with Crippen LogP contribution in [-0.2, 0) is 0 Å². The van der Waals surface area contributed by atoms with Crippen LogP contribution in [-0.4, -0.2) is 11.1 Å². The highest BCUT2D eigenvalue weighted by Gasteiger charge is 2.20. The van der Waals surface area contributed by atoms with Crippen molar-refractivity contribution in [2.45, 2.75) is 0 Å². The van der Waals surface area contributed by atoms with E-state index < -0.39 is 5.97 Å². The number of anilines is 1. The molecule has 0 aliphatic carbocycles. The average Bonchev–Trinajstić information content (AvgIpc) is 2.90. The molecule has 0 bridgehead atoms. The summed E-state index contributed by atoms with van der Waals surface area (Å²) in [7, 11) is 0. The van der Waals surface area contributed by atoms with E-state index in [4.69, 9.17) is 16.1 Å². The van der Waals surface area contributed by atoms with Crippen LogP contribution in [0.25, 0.3) is 54.6 Å². The molecule has 35 heavy (non-hydrogen) atoms. The average molecular weight is 460 g/mol. The number of nitrogens with two attached hydrogens (primary N) is 2. The molecular formula is C28H20N4O3. The van der Waals surface area contributed by atoms with Crippen LogP contribution >= 0.6 is 0 Å². The molecule has 1 aromatic heterocycles. The van der Waals surface area contributed by atoms with Crippen LogP contribution in [0.15, 0.2) is 94.4 Å². The van der Waals surface area contributed by atoms with Crippen molar-refractivity contribution in [1.29, 1.82) is 0 Å². The zero-order valence-electron chi connectivity index (χ0n) is 18.4. The molecule has 0 radical (unpaired) electrons. The summed E-state index contributed by atoms with van der Waals surface area (Å²) in [6, 6.07) is 26.3. The van der Waals surface area contributed by atoms with E-state index in [0.717, 1.165) is 43.6 Å². The van der Waals surface area contributed by atoms with E-state index in [1.54, 1.807) is 12.1 Å². The molecule has 0 unspecified atom stereocenters. The molecule has 6 aromatic rings. The number of nitrogens with zero attached hydrogens (tertiary/aromatic N) is 1. The molecule has 7 heteroatoms. The number of hydrogen-bond donors (Lipinski definition) is 4. The maximum absolute atomic E-state index is 12.2. The Morgan fingerprint density at radius 3 is 2.09 bits per heavy atom. The normalized spacial score (nSPS) is 12.1. The minimum atomic E-state index is -0.989. The summed E-state index contributed by atoms with van der Waals surface area (Å²) >= 11 is 0. The third-order valence-corrected chi connectivity index (χ3v) is 6.41. The van der Waals surface area contributed by atoms with Crippen molar-refractivity contribution in [2.24, 2.45) is 16.8 Å². The predicted molar refractivity (Wildman–Crippen MR) is 139 cm³/mol. The molecule has 6 N–H and O–H groups in total. The molecule has 5 aromatic carbocycles. The molecule has 1 heterocycles. The van der Waals surface area contributed by atoms with Crippen molar-refractivity contribution < 1.29 is 14.3 Å². The standard InChI is InChI=1S/C28H20N4O3/c29-31-17-7-11-19-15(13-17)5-9-23-25(21-3-1-2-4-22(21)28(33)34)24-10-6-16-14-18(32-30)8-12-20(16)27(24)35-26(19)23/h1-14,31H,29-30H2,(H,33,34)/b32-18+. The lowest BCUT2D eigenvalue weighted by molar-refractivity contribution is 0.0697. The van der Waals surface area contributed by atoms with Crippen LogP contribution in [0.5, 0.6) is 0 Å². The van der Waals surface area contributed by atoms with E-state index >= 15 is 0 Å². The predicted octanol–water partition coefficient (Wildman–Crippen LogP) is 5.32. The first-order chi connectivity index (χ1) is 17.1. The van der Waals surface area contributed by atoms with Crippen molar-refractivity contribution in [2.75, 3.05) is 5.43 Å². The molecule has 170 valence electrons. The smallest absolute Gasteiger partial charge is 0.336 e. The molecule has 0 amide bonds. The van der Waals surface area contributed by atoms with Crippen LogP contribution in [0.2, 0.25) is 0 Å². The number of carboxylic acids is 1. The number of carboxylic acid groups (broad SMARTS) is 1. The van der Waals surface area contributed by atoms with Gasteiger partial charge in [0, 0.05) is 32.8 Å². The monoisotopic (exact) mass is 460 g/mol. The van der Waals surface area contributed by atoms with E-state index in [0.29, 0.717) is 22.1 Å². The van der Waals surface area contributed by atoms with E-state index in [-0.39, 0.29) is 5.56 Å². The fourth-order valence-corrected chi connectivity index (χ4v) is 4.80. The van der Waals surface area contributed by atoms with Gasteiger partial charge in [-0.25, -0.2) is 4.79 Å². The maximum Gasteiger partial charge on any atom is 0.336 e. The van der Waals surface area contributed by atoms with Crippen LogP contribution < -0.4 is 22.5 Å². The van der Waals surface area contributed by atoms with Gasteiger partial charge in [0.1, 0.15) is 11.2 Å². The Morgan fingerprint density at radius 1 is 0.800 bits per heavy atom. The largest absolute Gasteiger partial charge is 0.478 e. The molecule has 0 atom stereocenters. The molecule has 0 aliphatic heterocycles. The second-order valence-corrected chi connectivity index (χ2v) is 8.33. The third kappa shape index (κ3) is 3.18. The Bertz CT molecular complexity index is 1890. The number of aromatic carboxylic acids is 1. The van der Waals surface area contributed by atoms with E-state index in [1.165, 1.54) is 0 Å². The number of carbonyl (C=O) groups is 1. The first-order valence-electron chi connectivity index (χ1n) is 11.0. The Hall–Kier alpha value is -4.88. The summed E-state index contributed by atoms with van der Waals surface area (Å²) in [6.45, 7) is 0. The number of rotatable bonds is 3. The number of hydrogen-bond acceptors (Lipinski definition) is 6. The first kappa shape index (κ1) is 20.7. The van der Waals surface area contributed by atoms with Gasteiger partial charge in [-0.15, -0.1) is 0 Å². The number of benzene rings is 5. The van der Waals surface area contributed by atoms with Crippen LogP contribution in [0, 0.1) is 0 Å². The Kier molecular flexibility index (Phi) is 4.65. The fourth-order valence-electron chi connectivity index (χ4n) is 4.80. The van der Waals surface area contributed by atoms with Gasteiger partial charge < -0.3 is 20.8 Å². The summed E-state index contributed by atoms with van der Waals surface area (Å²) < 4.78 is 6.62. The van der Waals surface area contributed by atoms with Crippen molar-refractivity contribution in [3.8, 4) is 11.1 Å². The highest BCUT2D eigenvalue weighted by Crippen LogP contribution is 2.42. The lowest BCUT2D eigenvalue weighted by Gasteiger charge is -2.16. The van der Waals surface area contributed by atoms with Crippen LogP contribution in [0.3, 0.4) is 0 Å². The lowest BCUT2D eigenvalue weighted by Crippen LogP contribution is -2.06.